The van der Waals surface area contributed by atoms with Crippen LogP contribution >= 0.6 is 11.3 Å². The van der Waals surface area contributed by atoms with Crippen LogP contribution in [0.1, 0.15) is 15.4 Å². The van der Waals surface area contributed by atoms with E-state index in [0.717, 1.165) is 9.88 Å². The summed E-state index contributed by atoms with van der Waals surface area (Å²) in [5.41, 5.74) is 1.49. The first-order valence-corrected chi connectivity index (χ1v) is 8.31. The summed E-state index contributed by atoms with van der Waals surface area (Å²) < 4.78 is 29.3. The Morgan fingerprint density at radius 3 is 2.84 bits per heavy atom. The van der Waals surface area contributed by atoms with Gasteiger partial charge >= 0.3 is 6.61 Å². The molecule has 0 amide bonds. The van der Waals surface area contributed by atoms with Gasteiger partial charge < -0.3 is 10.1 Å². The van der Waals surface area contributed by atoms with Crippen molar-refractivity contribution in [1.29, 1.82) is 5.26 Å². The van der Waals surface area contributed by atoms with Crippen LogP contribution in [0.25, 0.3) is 10.9 Å². The summed E-state index contributed by atoms with van der Waals surface area (Å²) in [5, 5.41) is 14.1. The fourth-order valence-corrected chi connectivity index (χ4v) is 3.22. The van der Waals surface area contributed by atoms with Crippen molar-refractivity contribution in [3.8, 4) is 11.8 Å². The molecule has 2 heterocycles. The number of nitriles is 1. The van der Waals surface area contributed by atoms with Gasteiger partial charge in [-0.1, -0.05) is 0 Å². The Labute approximate surface area is 146 Å². The number of pyridine rings is 1. The first-order chi connectivity index (χ1) is 12.1. The molecule has 0 fully saturated rings. The number of thiazole rings is 1. The standard InChI is InChI=1S/C17H14F2N4OS/c1-10-8-23-15(25-10)4-5-21-16-11(7-20)9-22-14-3-2-12(6-13(14)16)24-17(18)19/h2-3,6,8-9,17H,4-5H2,1H3,(H,21,22). The molecule has 0 saturated carbocycles. The Balaban J connectivity index is 1.88. The van der Waals surface area contributed by atoms with Gasteiger partial charge in [0.15, 0.2) is 0 Å². The molecule has 3 rings (SSSR count). The zero-order valence-corrected chi connectivity index (χ0v) is 14.1. The third-order valence-corrected chi connectivity index (χ3v) is 4.47. The molecule has 128 valence electrons. The molecule has 0 aliphatic rings. The minimum Gasteiger partial charge on any atom is -0.435 e. The highest BCUT2D eigenvalue weighted by atomic mass is 32.1. The molecule has 0 aliphatic carbocycles. The van der Waals surface area contributed by atoms with E-state index in [1.54, 1.807) is 17.4 Å². The fourth-order valence-electron chi connectivity index (χ4n) is 2.43. The molecule has 0 saturated heterocycles. The average molecular weight is 360 g/mol. The van der Waals surface area contributed by atoms with E-state index in [1.807, 2.05) is 13.1 Å². The number of benzene rings is 1. The number of rotatable bonds is 6. The molecule has 0 bridgehead atoms. The minimum absolute atomic E-state index is 0.0259. The molecule has 5 nitrogen and oxygen atoms in total. The molecule has 1 N–H and O–H groups in total. The van der Waals surface area contributed by atoms with Gasteiger partial charge in [-0.3, -0.25) is 4.98 Å². The van der Waals surface area contributed by atoms with E-state index in [-0.39, 0.29) is 5.75 Å². The highest BCUT2D eigenvalue weighted by molar-refractivity contribution is 7.11. The van der Waals surface area contributed by atoms with Crippen LogP contribution in [0.5, 0.6) is 5.75 Å². The number of halogens is 2. The second-order valence-electron chi connectivity index (χ2n) is 5.26. The molecule has 2 aromatic heterocycles. The largest absolute Gasteiger partial charge is 0.435 e. The van der Waals surface area contributed by atoms with Crippen molar-refractivity contribution in [2.75, 3.05) is 11.9 Å². The summed E-state index contributed by atoms with van der Waals surface area (Å²) >= 11 is 1.61. The summed E-state index contributed by atoms with van der Waals surface area (Å²) in [6, 6.07) is 6.55. The fraction of sp³-hybridized carbons (Fsp3) is 0.235. The molecule has 8 heteroatoms. The van der Waals surface area contributed by atoms with Gasteiger partial charge in [0.25, 0.3) is 0 Å². The molecule has 1 aromatic carbocycles. The van der Waals surface area contributed by atoms with Crippen molar-refractivity contribution in [3.05, 3.63) is 46.0 Å². The van der Waals surface area contributed by atoms with Gasteiger partial charge in [0, 0.05) is 35.6 Å². The number of nitrogens with one attached hydrogen (secondary N) is 1. The summed E-state index contributed by atoms with van der Waals surface area (Å²) in [6.45, 7) is -0.363. The smallest absolute Gasteiger partial charge is 0.387 e. The summed E-state index contributed by atoms with van der Waals surface area (Å²) in [7, 11) is 0. The van der Waals surface area contributed by atoms with Crippen molar-refractivity contribution >= 4 is 27.9 Å². The summed E-state index contributed by atoms with van der Waals surface area (Å²) in [6.07, 6.45) is 3.97. The van der Waals surface area contributed by atoms with Crippen LogP contribution in [0.4, 0.5) is 14.5 Å². The highest BCUT2D eigenvalue weighted by Gasteiger charge is 2.12. The third kappa shape index (κ3) is 4.00. The van der Waals surface area contributed by atoms with Gasteiger partial charge in [0.05, 0.1) is 21.8 Å². The Bertz CT molecular complexity index is 936. The second kappa shape index (κ2) is 7.40. The van der Waals surface area contributed by atoms with Crippen molar-refractivity contribution in [2.24, 2.45) is 0 Å². The minimum atomic E-state index is -2.91. The number of alkyl halides is 2. The van der Waals surface area contributed by atoms with Crippen LogP contribution in [-0.4, -0.2) is 23.1 Å². The lowest BCUT2D eigenvalue weighted by Crippen LogP contribution is -2.07. The Kier molecular flexibility index (Phi) is 5.05. The van der Waals surface area contributed by atoms with Crippen LogP contribution in [0, 0.1) is 18.3 Å². The van der Waals surface area contributed by atoms with Gasteiger partial charge in [-0.2, -0.15) is 14.0 Å². The Hall–Kier alpha value is -2.79. The number of hydrogen-bond donors (Lipinski definition) is 1. The molecule has 0 aliphatic heterocycles. The predicted octanol–water partition coefficient (Wildman–Crippen LogP) is 4.13. The number of nitrogens with zero attached hydrogens (tertiary/aromatic N) is 3. The number of aromatic nitrogens is 2. The monoisotopic (exact) mass is 360 g/mol. The van der Waals surface area contributed by atoms with Crippen LogP contribution < -0.4 is 10.1 Å². The molecule has 25 heavy (non-hydrogen) atoms. The van der Waals surface area contributed by atoms with E-state index in [0.29, 0.717) is 35.1 Å². The maximum Gasteiger partial charge on any atom is 0.387 e. The summed E-state index contributed by atoms with van der Waals surface area (Å²) in [5.74, 6) is 0.0259. The van der Waals surface area contributed by atoms with Crippen molar-refractivity contribution in [2.45, 2.75) is 20.0 Å². The molecule has 0 radical (unpaired) electrons. The van der Waals surface area contributed by atoms with Crippen LogP contribution in [-0.2, 0) is 6.42 Å². The number of aryl methyl sites for hydroxylation is 1. The van der Waals surface area contributed by atoms with E-state index < -0.39 is 6.61 Å². The molecular weight excluding hydrogens is 346 g/mol. The van der Waals surface area contributed by atoms with Crippen LogP contribution in [0.3, 0.4) is 0 Å². The Morgan fingerprint density at radius 2 is 2.16 bits per heavy atom. The van der Waals surface area contributed by atoms with Crippen LogP contribution in [0.15, 0.2) is 30.6 Å². The maximum absolute atomic E-state index is 12.4. The molecule has 0 spiro atoms. The number of hydrogen-bond acceptors (Lipinski definition) is 6. The first kappa shape index (κ1) is 17.0. The predicted molar refractivity (Wildman–Crippen MR) is 92.1 cm³/mol. The van der Waals surface area contributed by atoms with E-state index in [9.17, 15) is 14.0 Å². The van der Waals surface area contributed by atoms with Gasteiger partial charge in [-0.25, -0.2) is 4.98 Å². The first-order valence-electron chi connectivity index (χ1n) is 7.49. The van der Waals surface area contributed by atoms with E-state index in [1.165, 1.54) is 18.3 Å². The number of fused-ring (bicyclic) bond motifs is 1. The topological polar surface area (TPSA) is 70.8 Å². The van der Waals surface area contributed by atoms with E-state index >= 15 is 0 Å². The summed E-state index contributed by atoms with van der Waals surface area (Å²) in [4.78, 5) is 9.62. The third-order valence-electron chi connectivity index (χ3n) is 3.49. The lowest BCUT2D eigenvalue weighted by atomic mass is 10.1. The lowest BCUT2D eigenvalue weighted by Gasteiger charge is -2.12. The normalized spacial score (nSPS) is 10.8. The lowest BCUT2D eigenvalue weighted by molar-refractivity contribution is -0.0497. The number of ether oxygens (including phenoxy) is 1. The average Bonchev–Trinajstić information content (AvgIpc) is 2.99. The highest BCUT2D eigenvalue weighted by Crippen LogP contribution is 2.29. The van der Waals surface area contributed by atoms with E-state index in [4.69, 9.17) is 0 Å². The zero-order chi connectivity index (χ0) is 17.8. The zero-order valence-electron chi connectivity index (χ0n) is 13.3. The number of anilines is 1. The van der Waals surface area contributed by atoms with Crippen molar-refractivity contribution in [3.63, 3.8) is 0 Å². The van der Waals surface area contributed by atoms with Crippen molar-refractivity contribution in [1.82, 2.24) is 9.97 Å². The second-order valence-corrected chi connectivity index (χ2v) is 6.58. The SMILES string of the molecule is Cc1cnc(CCNc2c(C#N)cnc3ccc(OC(F)F)cc23)s1. The van der Waals surface area contributed by atoms with E-state index in [2.05, 4.69) is 26.1 Å². The van der Waals surface area contributed by atoms with Gasteiger partial charge in [-0.15, -0.1) is 11.3 Å². The van der Waals surface area contributed by atoms with Crippen molar-refractivity contribution < 1.29 is 13.5 Å². The van der Waals surface area contributed by atoms with Gasteiger partial charge in [-0.05, 0) is 25.1 Å². The molecule has 0 unspecified atom stereocenters. The van der Waals surface area contributed by atoms with Gasteiger partial charge in [0.2, 0.25) is 0 Å². The quantitative estimate of drug-likeness (QED) is 0.716. The van der Waals surface area contributed by atoms with Crippen LogP contribution in [0.2, 0.25) is 0 Å². The Morgan fingerprint density at radius 1 is 1.32 bits per heavy atom. The molecule has 0 atom stereocenters. The van der Waals surface area contributed by atoms with Gasteiger partial charge in [0.1, 0.15) is 11.8 Å². The maximum atomic E-state index is 12.4. The molecule has 3 aromatic rings. The molecular formula is C17H14F2N4OS.